The first-order valence-corrected chi connectivity index (χ1v) is 4.10. The monoisotopic (exact) mass is 213 g/mol. The first kappa shape index (κ1) is 8.40. The Labute approximate surface area is 73.8 Å². The van der Waals surface area contributed by atoms with E-state index >= 15 is 0 Å². The van der Waals surface area contributed by atoms with Crippen molar-refractivity contribution in [2.75, 3.05) is 0 Å². The standard InChI is InChI=1S/C8H8BrNO/c1-6(5-11)7-3-2-4-10-8(7)9/h2-6H,1H3. The summed E-state index contributed by atoms with van der Waals surface area (Å²) < 4.78 is 0.750. The molecule has 11 heavy (non-hydrogen) atoms. The molecule has 0 radical (unpaired) electrons. The maximum Gasteiger partial charge on any atom is 0.127 e. The van der Waals surface area contributed by atoms with Gasteiger partial charge < -0.3 is 4.79 Å². The summed E-state index contributed by atoms with van der Waals surface area (Å²) in [5.74, 6) is -0.0851. The minimum atomic E-state index is -0.0851. The van der Waals surface area contributed by atoms with Crippen molar-refractivity contribution in [1.29, 1.82) is 0 Å². The highest BCUT2D eigenvalue weighted by Gasteiger charge is 2.06. The molecule has 1 unspecified atom stereocenters. The minimum Gasteiger partial charge on any atom is -0.303 e. The Morgan fingerprint density at radius 1 is 1.73 bits per heavy atom. The van der Waals surface area contributed by atoms with E-state index in [4.69, 9.17) is 0 Å². The predicted molar refractivity (Wildman–Crippen MR) is 46.4 cm³/mol. The molecular formula is C8H8BrNO. The lowest BCUT2D eigenvalue weighted by molar-refractivity contribution is -0.108. The van der Waals surface area contributed by atoms with Crippen molar-refractivity contribution in [3.05, 3.63) is 28.5 Å². The third-order valence-electron chi connectivity index (χ3n) is 1.48. The van der Waals surface area contributed by atoms with Crippen LogP contribution >= 0.6 is 15.9 Å². The van der Waals surface area contributed by atoms with Gasteiger partial charge in [0.25, 0.3) is 0 Å². The number of nitrogens with zero attached hydrogens (tertiary/aromatic N) is 1. The topological polar surface area (TPSA) is 30.0 Å². The molecule has 1 heterocycles. The van der Waals surface area contributed by atoms with Gasteiger partial charge >= 0.3 is 0 Å². The van der Waals surface area contributed by atoms with Crippen LogP contribution < -0.4 is 0 Å². The maximum absolute atomic E-state index is 10.4. The molecule has 0 amide bonds. The largest absolute Gasteiger partial charge is 0.303 e. The highest BCUT2D eigenvalue weighted by molar-refractivity contribution is 9.10. The summed E-state index contributed by atoms with van der Waals surface area (Å²) in [5.41, 5.74) is 0.933. The van der Waals surface area contributed by atoms with E-state index in [2.05, 4.69) is 20.9 Å². The smallest absolute Gasteiger partial charge is 0.127 e. The lowest BCUT2D eigenvalue weighted by atomic mass is 10.1. The van der Waals surface area contributed by atoms with Crippen LogP contribution in [0.25, 0.3) is 0 Å². The summed E-state index contributed by atoms with van der Waals surface area (Å²) >= 11 is 3.27. The molecule has 3 heteroatoms. The Morgan fingerprint density at radius 2 is 2.45 bits per heavy atom. The van der Waals surface area contributed by atoms with Crippen LogP contribution in [0.2, 0.25) is 0 Å². The predicted octanol–water partition coefficient (Wildman–Crippen LogP) is 2.15. The number of carbonyl (C=O) groups excluding carboxylic acids is 1. The van der Waals surface area contributed by atoms with Crippen LogP contribution in [0.15, 0.2) is 22.9 Å². The molecule has 0 fully saturated rings. The number of hydrogen-bond donors (Lipinski definition) is 0. The molecule has 1 atom stereocenters. The van der Waals surface area contributed by atoms with Gasteiger partial charge in [0.2, 0.25) is 0 Å². The Kier molecular flexibility index (Phi) is 2.76. The summed E-state index contributed by atoms with van der Waals surface area (Å²) in [5, 5.41) is 0. The molecule has 0 spiro atoms. The molecule has 1 rings (SSSR count). The van der Waals surface area contributed by atoms with Gasteiger partial charge in [-0.2, -0.15) is 0 Å². The van der Waals surface area contributed by atoms with Gasteiger partial charge in [-0.15, -0.1) is 0 Å². The van der Waals surface area contributed by atoms with Crippen LogP contribution in [0.5, 0.6) is 0 Å². The van der Waals surface area contributed by atoms with Crippen LogP contribution in [0.1, 0.15) is 18.4 Å². The Hall–Kier alpha value is -0.700. The van der Waals surface area contributed by atoms with E-state index in [0.717, 1.165) is 16.5 Å². The highest BCUT2D eigenvalue weighted by atomic mass is 79.9. The first-order valence-electron chi connectivity index (χ1n) is 3.31. The Balaban J connectivity index is 3.02. The van der Waals surface area contributed by atoms with Crippen molar-refractivity contribution in [2.24, 2.45) is 0 Å². The number of aromatic nitrogens is 1. The minimum absolute atomic E-state index is 0.0851. The average molecular weight is 214 g/mol. The van der Waals surface area contributed by atoms with Crippen molar-refractivity contribution in [2.45, 2.75) is 12.8 Å². The summed E-state index contributed by atoms with van der Waals surface area (Å²) in [6.45, 7) is 1.84. The van der Waals surface area contributed by atoms with Crippen LogP contribution in [-0.2, 0) is 4.79 Å². The van der Waals surface area contributed by atoms with Gasteiger partial charge in [-0.1, -0.05) is 13.0 Å². The summed E-state index contributed by atoms with van der Waals surface area (Å²) in [7, 11) is 0. The molecular weight excluding hydrogens is 206 g/mol. The third-order valence-corrected chi connectivity index (χ3v) is 2.15. The zero-order chi connectivity index (χ0) is 8.27. The summed E-state index contributed by atoms with van der Waals surface area (Å²) in [4.78, 5) is 14.4. The molecule has 0 aliphatic carbocycles. The van der Waals surface area contributed by atoms with E-state index in [1.165, 1.54) is 0 Å². The molecule has 58 valence electrons. The molecule has 0 aliphatic rings. The van der Waals surface area contributed by atoms with Crippen molar-refractivity contribution in [3.8, 4) is 0 Å². The van der Waals surface area contributed by atoms with Crippen LogP contribution in [0.4, 0.5) is 0 Å². The van der Waals surface area contributed by atoms with E-state index < -0.39 is 0 Å². The number of aldehydes is 1. The van der Waals surface area contributed by atoms with E-state index in [9.17, 15) is 4.79 Å². The molecule has 0 aromatic carbocycles. The molecule has 1 aromatic rings. The Morgan fingerprint density at radius 3 is 3.00 bits per heavy atom. The second kappa shape index (κ2) is 3.62. The lowest BCUT2D eigenvalue weighted by Gasteiger charge is -2.03. The number of pyridine rings is 1. The van der Waals surface area contributed by atoms with Gasteiger partial charge in [-0.05, 0) is 27.6 Å². The third kappa shape index (κ3) is 1.87. The summed E-state index contributed by atoms with van der Waals surface area (Å²) in [6, 6.07) is 3.70. The fourth-order valence-electron chi connectivity index (χ4n) is 0.811. The van der Waals surface area contributed by atoms with Gasteiger partial charge in [0, 0.05) is 12.1 Å². The molecule has 0 bridgehead atoms. The molecule has 1 aromatic heterocycles. The van der Waals surface area contributed by atoms with Crippen molar-refractivity contribution < 1.29 is 4.79 Å². The normalized spacial score (nSPS) is 12.5. The maximum atomic E-state index is 10.4. The van der Waals surface area contributed by atoms with Crippen LogP contribution in [-0.4, -0.2) is 11.3 Å². The molecule has 2 nitrogen and oxygen atoms in total. The highest BCUT2D eigenvalue weighted by Crippen LogP contribution is 2.20. The molecule has 0 saturated heterocycles. The zero-order valence-electron chi connectivity index (χ0n) is 6.12. The molecule has 0 saturated carbocycles. The van der Waals surface area contributed by atoms with Crippen LogP contribution in [0.3, 0.4) is 0 Å². The van der Waals surface area contributed by atoms with Gasteiger partial charge in [-0.3, -0.25) is 0 Å². The van der Waals surface area contributed by atoms with E-state index in [1.807, 2.05) is 19.1 Å². The molecule has 0 aliphatic heterocycles. The quantitative estimate of drug-likeness (QED) is 0.557. The Bertz CT molecular complexity index is 262. The average Bonchev–Trinajstić information content (AvgIpc) is 2.04. The fraction of sp³-hybridized carbons (Fsp3) is 0.250. The van der Waals surface area contributed by atoms with E-state index in [-0.39, 0.29) is 5.92 Å². The SMILES string of the molecule is CC(C=O)c1cccnc1Br. The second-order valence-corrected chi connectivity index (χ2v) is 3.06. The number of hydrogen-bond acceptors (Lipinski definition) is 2. The van der Waals surface area contributed by atoms with Gasteiger partial charge in [0.05, 0.1) is 0 Å². The van der Waals surface area contributed by atoms with E-state index in [1.54, 1.807) is 6.20 Å². The number of rotatable bonds is 2. The summed E-state index contributed by atoms with van der Waals surface area (Å²) in [6.07, 6.45) is 2.59. The zero-order valence-corrected chi connectivity index (χ0v) is 7.71. The van der Waals surface area contributed by atoms with E-state index in [0.29, 0.717) is 0 Å². The molecule has 0 N–H and O–H groups in total. The van der Waals surface area contributed by atoms with Gasteiger partial charge in [0.15, 0.2) is 0 Å². The number of carbonyl (C=O) groups is 1. The van der Waals surface area contributed by atoms with Gasteiger partial charge in [-0.25, -0.2) is 4.98 Å². The number of halogens is 1. The van der Waals surface area contributed by atoms with Crippen molar-refractivity contribution in [3.63, 3.8) is 0 Å². The van der Waals surface area contributed by atoms with Crippen molar-refractivity contribution in [1.82, 2.24) is 4.98 Å². The van der Waals surface area contributed by atoms with Crippen LogP contribution in [0, 0.1) is 0 Å². The second-order valence-electron chi connectivity index (χ2n) is 2.31. The first-order chi connectivity index (χ1) is 5.25. The van der Waals surface area contributed by atoms with Gasteiger partial charge in [0.1, 0.15) is 10.9 Å². The lowest BCUT2D eigenvalue weighted by Crippen LogP contribution is -1.96. The fourth-order valence-corrected chi connectivity index (χ4v) is 1.42. The van der Waals surface area contributed by atoms with Crippen molar-refractivity contribution >= 4 is 22.2 Å².